The Morgan fingerprint density at radius 1 is 0.920 bits per heavy atom. The predicted octanol–water partition coefficient (Wildman–Crippen LogP) is 5.31. The highest BCUT2D eigenvalue weighted by Gasteiger charge is 2.13. The molecule has 0 spiro atoms. The maximum Gasteiger partial charge on any atom is 0.249 e. The summed E-state index contributed by atoms with van der Waals surface area (Å²) in [4.78, 5) is 4.43. The van der Waals surface area contributed by atoms with Crippen LogP contribution in [-0.2, 0) is 5.41 Å². The van der Waals surface area contributed by atoms with Crippen molar-refractivity contribution in [1.82, 2.24) is 15.2 Å². The van der Waals surface area contributed by atoms with Gasteiger partial charge in [0, 0.05) is 16.4 Å². The van der Waals surface area contributed by atoms with Gasteiger partial charge in [-0.3, -0.25) is 0 Å². The van der Waals surface area contributed by atoms with E-state index in [1.54, 1.807) is 6.20 Å². The van der Waals surface area contributed by atoms with E-state index in [1.807, 2.05) is 36.4 Å². The van der Waals surface area contributed by atoms with Crippen LogP contribution in [0.25, 0.3) is 0 Å². The lowest BCUT2D eigenvalue weighted by Gasteiger charge is -2.19. The fraction of sp³-hybridized carbons (Fsp3) is 0.211. The molecule has 5 nitrogen and oxygen atoms in total. The van der Waals surface area contributed by atoms with Gasteiger partial charge < -0.3 is 10.6 Å². The van der Waals surface area contributed by atoms with E-state index in [9.17, 15) is 0 Å². The Kier molecular flexibility index (Phi) is 4.86. The van der Waals surface area contributed by atoms with Crippen LogP contribution in [0.5, 0.6) is 0 Å². The Hall–Kier alpha value is -2.66. The summed E-state index contributed by atoms with van der Waals surface area (Å²) in [5.41, 5.74) is 3.15. The first-order chi connectivity index (χ1) is 11.9. The van der Waals surface area contributed by atoms with Gasteiger partial charge in [-0.25, -0.2) is 0 Å². The Morgan fingerprint density at radius 2 is 1.68 bits per heavy atom. The number of aromatic nitrogens is 3. The van der Waals surface area contributed by atoms with Crippen LogP contribution in [0.3, 0.4) is 0 Å². The number of halogens is 1. The van der Waals surface area contributed by atoms with Crippen molar-refractivity contribution in [3.63, 3.8) is 0 Å². The molecule has 0 aliphatic heterocycles. The van der Waals surface area contributed by atoms with Gasteiger partial charge in [-0.05, 0) is 41.3 Å². The van der Waals surface area contributed by atoms with Gasteiger partial charge in [0.15, 0.2) is 5.82 Å². The molecule has 0 atom stereocenters. The number of benzene rings is 2. The molecule has 6 heteroatoms. The third-order valence-electron chi connectivity index (χ3n) is 3.66. The van der Waals surface area contributed by atoms with Crippen LogP contribution in [0.1, 0.15) is 26.3 Å². The van der Waals surface area contributed by atoms with Crippen LogP contribution in [-0.4, -0.2) is 15.2 Å². The Morgan fingerprint density at radius 3 is 2.36 bits per heavy atom. The van der Waals surface area contributed by atoms with Gasteiger partial charge in [0.2, 0.25) is 5.95 Å². The van der Waals surface area contributed by atoms with Crippen LogP contribution >= 0.6 is 11.6 Å². The molecule has 0 aliphatic rings. The predicted molar refractivity (Wildman–Crippen MR) is 103 cm³/mol. The molecule has 0 unspecified atom stereocenters. The summed E-state index contributed by atoms with van der Waals surface area (Å²) < 4.78 is 0. The Labute approximate surface area is 152 Å². The molecule has 0 bridgehead atoms. The average Bonchev–Trinajstić information content (AvgIpc) is 2.55. The summed E-state index contributed by atoms with van der Waals surface area (Å²) in [6, 6.07) is 15.7. The van der Waals surface area contributed by atoms with E-state index in [0.29, 0.717) is 16.8 Å². The molecular formula is C19H20ClN5. The molecule has 0 amide bonds. The van der Waals surface area contributed by atoms with Gasteiger partial charge in [-0.1, -0.05) is 50.6 Å². The minimum atomic E-state index is 0.122. The number of hydrogen-bond donors (Lipinski definition) is 2. The summed E-state index contributed by atoms with van der Waals surface area (Å²) in [6.45, 7) is 6.56. The topological polar surface area (TPSA) is 62.7 Å². The van der Waals surface area contributed by atoms with Crippen molar-refractivity contribution in [2.45, 2.75) is 26.2 Å². The number of anilines is 4. The molecule has 3 rings (SSSR count). The maximum atomic E-state index is 5.99. The standard InChI is InChI=1S/C19H20ClN5/c1-19(2,3)13-7-9-15(10-8-13)23-18-24-17(12-21-25-18)22-16-6-4-5-14(20)11-16/h4-12H,1-3H3,(H2,22,23,24,25). The highest BCUT2D eigenvalue weighted by molar-refractivity contribution is 6.30. The molecule has 0 fully saturated rings. The molecular weight excluding hydrogens is 334 g/mol. The van der Waals surface area contributed by atoms with Crippen LogP contribution in [0, 0.1) is 0 Å². The van der Waals surface area contributed by atoms with Crippen molar-refractivity contribution in [3.8, 4) is 0 Å². The molecule has 0 saturated heterocycles. The first-order valence-corrected chi connectivity index (χ1v) is 8.38. The third kappa shape index (κ3) is 4.67. The molecule has 3 aromatic rings. The van der Waals surface area contributed by atoms with Gasteiger partial charge in [0.05, 0.1) is 6.20 Å². The van der Waals surface area contributed by atoms with Crippen molar-refractivity contribution in [3.05, 3.63) is 65.3 Å². The van der Waals surface area contributed by atoms with Crippen molar-refractivity contribution in [2.24, 2.45) is 0 Å². The monoisotopic (exact) mass is 353 g/mol. The lowest BCUT2D eigenvalue weighted by atomic mass is 9.87. The maximum absolute atomic E-state index is 5.99. The van der Waals surface area contributed by atoms with E-state index in [2.05, 4.69) is 58.7 Å². The quantitative estimate of drug-likeness (QED) is 0.665. The molecule has 25 heavy (non-hydrogen) atoms. The zero-order chi connectivity index (χ0) is 17.9. The van der Waals surface area contributed by atoms with E-state index in [-0.39, 0.29) is 5.41 Å². The summed E-state index contributed by atoms with van der Waals surface area (Å²) in [5.74, 6) is 1.02. The summed E-state index contributed by atoms with van der Waals surface area (Å²) in [7, 11) is 0. The van der Waals surface area contributed by atoms with Crippen molar-refractivity contribution < 1.29 is 0 Å². The average molecular weight is 354 g/mol. The number of hydrogen-bond acceptors (Lipinski definition) is 5. The van der Waals surface area contributed by atoms with Crippen molar-refractivity contribution in [1.29, 1.82) is 0 Å². The SMILES string of the molecule is CC(C)(C)c1ccc(Nc2nncc(Nc3cccc(Cl)c3)n2)cc1. The van der Waals surface area contributed by atoms with Gasteiger partial charge >= 0.3 is 0 Å². The Bertz CT molecular complexity index is 856. The van der Waals surface area contributed by atoms with E-state index >= 15 is 0 Å². The smallest absolute Gasteiger partial charge is 0.249 e. The second kappa shape index (κ2) is 7.07. The molecule has 2 aromatic carbocycles. The highest BCUT2D eigenvalue weighted by atomic mass is 35.5. The second-order valence-electron chi connectivity index (χ2n) is 6.75. The van der Waals surface area contributed by atoms with Gasteiger partial charge in [0.1, 0.15) is 0 Å². The zero-order valence-electron chi connectivity index (χ0n) is 14.4. The molecule has 0 saturated carbocycles. The van der Waals surface area contributed by atoms with Crippen LogP contribution in [0.4, 0.5) is 23.1 Å². The fourth-order valence-corrected chi connectivity index (χ4v) is 2.50. The molecule has 1 aromatic heterocycles. The lowest BCUT2D eigenvalue weighted by molar-refractivity contribution is 0.590. The largest absolute Gasteiger partial charge is 0.339 e. The summed E-state index contributed by atoms with van der Waals surface area (Å²) in [5, 5.41) is 15.0. The number of rotatable bonds is 4. The molecule has 128 valence electrons. The molecule has 1 heterocycles. The first kappa shape index (κ1) is 17.2. The molecule has 0 aliphatic carbocycles. The van der Waals surface area contributed by atoms with Gasteiger partial charge in [-0.15, -0.1) is 5.10 Å². The second-order valence-corrected chi connectivity index (χ2v) is 7.19. The van der Waals surface area contributed by atoms with Crippen LogP contribution < -0.4 is 10.6 Å². The summed E-state index contributed by atoms with van der Waals surface area (Å²) >= 11 is 5.99. The third-order valence-corrected chi connectivity index (χ3v) is 3.90. The fourth-order valence-electron chi connectivity index (χ4n) is 2.31. The first-order valence-electron chi connectivity index (χ1n) is 8.00. The number of nitrogens with one attached hydrogen (secondary N) is 2. The van der Waals surface area contributed by atoms with E-state index < -0.39 is 0 Å². The molecule has 0 radical (unpaired) electrons. The molecule has 2 N–H and O–H groups in total. The zero-order valence-corrected chi connectivity index (χ0v) is 15.2. The minimum absolute atomic E-state index is 0.122. The van der Waals surface area contributed by atoms with E-state index in [1.165, 1.54) is 5.56 Å². The van der Waals surface area contributed by atoms with Crippen LogP contribution in [0.2, 0.25) is 5.02 Å². The number of nitrogens with zero attached hydrogens (tertiary/aromatic N) is 3. The van der Waals surface area contributed by atoms with E-state index in [4.69, 9.17) is 11.6 Å². The van der Waals surface area contributed by atoms with Crippen molar-refractivity contribution >= 4 is 34.7 Å². The van der Waals surface area contributed by atoms with Crippen molar-refractivity contribution in [2.75, 3.05) is 10.6 Å². The van der Waals surface area contributed by atoms with Gasteiger partial charge in [0.25, 0.3) is 0 Å². The summed E-state index contributed by atoms with van der Waals surface area (Å²) in [6.07, 6.45) is 1.56. The normalized spacial score (nSPS) is 11.2. The van der Waals surface area contributed by atoms with Crippen LogP contribution in [0.15, 0.2) is 54.7 Å². The Balaban J connectivity index is 1.73. The lowest BCUT2D eigenvalue weighted by Crippen LogP contribution is -2.10. The highest BCUT2D eigenvalue weighted by Crippen LogP contribution is 2.24. The van der Waals surface area contributed by atoms with Gasteiger partial charge in [-0.2, -0.15) is 10.1 Å². The van der Waals surface area contributed by atoms with E-state index in [0.717, 1.165) is 11.4 Å². The minimum Gasteiger partial charge on any atom is -0.339 e.